The number of aromatic nitrogens is 3. The molecule has 1 aromatic carbocycles. The molecule has 0 aliphatic heterocycles. The Hall–Kier alpha value is -1.93. The number of nitrogens with one attached hydrogen (secondary N) is 1. The van der Waals surface area contributed by atoms with Gasteiger partial charge in [0, 0.05) is 4.47 Å². The highest BCUT2D eigenvalue weighted by Crippen LogP contribution is 2.21. The van der Waals surface area contributed by atoms with E-state index in [-0.39, 0.29) is 5.69 Å². The topological polar surface area (TPSA) is 95.1 Å². The van der Waals surface area contributed by atoms with Crippen molar-refractivity contribution in [3.05, 3.63) is 40.1 Å². The molecule has 2 aromatic rings. The van der Waals surface area contributed by atoms with E-state index in [1.807, 2.05) is 30.5 Å². The first-order chi connectivity index (χ1) is 9.60. The molecule has 0 aliphatic rings. The van der Waals surface area contributed by atoms with Gasteiger partial charge in [0.25, 0.3) is 5.91 Å². The first-order valence-corrected chi connectivity index (χ1v) is 6.69. The molecule has 0 atom stereocenters. The minimum absolute atomic E-state index is 0.173. The molecule has 106 valence electrons. The average molecular weight is 340 g/mol. The van der Waals surface area contributed by atoms with E-state index in [0.717, 1.165) is 15.8 Å². The maximum absolute atomic E-state index is 11.2. The molecule has 2 rings (SSSR count). The van der Waals surface area contributed by atoms with Crippen molar-refractivity contribution < 1.29 is 9.53 Å². The summed E-state index contributed by atoms with van der Waals surface area (Å²) in [5, 5.41) is 7.51. The summed E-state index contributed by atoms with van der Waals surface area (Å²) in [4.78, 5) is 11.2. The first-order valence-electron chi connectivity index (χ1n) is 5.90. The van der Waals surface area contributed by atoms with Crippen molar-refractivity contribution in [2.24, 2.45) is 5.84 Å². The summed E-state index contributed by atoms with van der Waals surface area (Å²) in [6.45, 7) is 2.90. The van der Waals surface area contributed by atoms with Crippen LogP contribution < -0.4 is 16.0 Å². The third-order valence-electron chi connectivity index (χ3n) is 2.62. The van der Waals surface area contributed by atoms with Gasteiger partial charge in [0.15, 0.2) is 5.69 Å². The molecule has 8 heteroatoms. The summed E-state index contributed by atoms with van der Waals surface area (Å²) in [7, 11) is 0. The quantitative estimate of drug-likeness (QED) is 0.482. The second-order valence-corrected chi connectivity index (χ2v) is 4.95. The Labute approximate surface area is 124 Å². The predicted octanol–water partition coefficient (Wildman–Crippen LogP) is 1.03. The van der Waals surface area contributed by atoms with Crippen molar-refractivity contribution in [2.45, 2.75) is 13.5 Å². The van der Waals surface area contributed by atoms with Gasteiger partial charge in [0.1, 0.15) is 12.4 Å². The fourth-order valence-electron chi connectivity index (χ4n) is 1.55. The first kappa shape index (κ1) is 14.5. The lowest BCUT2D eigenvalue weighted by molar-refractivity contribution is 0.0948. The van der Waals surface area contributed by atoms with E-state index in [2.05, 4.69) is 26.2 Å². The summed E-state index contributed by atoms with van der Waals surface area (Å²) in [5.41, 5.74) is 3.27. The van der Waals surface area contributed by atoms with Crippen LogP contribution in [0.25, 0.3) is 0 Å². The number of benzene rings is 1. The molecule has 20 heavy (non-hydrogen) atoms. The highest BCUT2D eigenvalue weighted by molar-refractivity contribution is 9.10. The van der Waals surface area contributed by atoms with Crippen LogP contribution in [-0.2, 0) is 6.54 Å². The molecular formula is C12H14BrN5O2. The van der Waals surface area contributed by atoms with Crippen LogP contribution in [0.3, 0.4) is 0 Å². The predicted molar refractivity (Wildman–Crippen MR) is 76.0 cm³/mol. The second kappa shape index (κ2) is 6.49. The maximum Gasteiger partial charge on any atom is 0.287 e. The molecule has 0 unspecified atom stereocenters. The maximum atomic E-state index is 11.2. The lowest BCUT2D eigenvalue weighted by Gasteiger charge is -2.07. The SMILES string of the molecule is Cc1cc(OCCn2cc(C(=O)NN)nn2)ccc1Br. The molecule has 7 nitrogen and oxygen atoms in total. The molecular weight excluding hydrogens is 326 g/mol. The van der Waals surface area contributed by atoms with Crippen molar-refractivity contribution >= 4 is 21.8 Å². The summed E-state index contributed by atoms with van der Waals surface area (Å²) in [6, 6.07) is 5.76. The van der Waals surface area contributed by atoms with Gasteiger partial charge in [-0.25, -0.2) is 10.5 Å². The van der Waals surface area contributed by atoms with Gasteiger partial charge in [-0.3, -0.25) is 10.2 Å². The third kappa shape index (κ3) is 3.55. The van der Waals surface area contributed by atoms with Crippen LogP contribution in [0.2, 0.25) is 0 Å². The van der Waals surface area contributed by atoms with Crippen LogP contribution in [0.4, 0.5) is 0 Å². The molecule has 0 saturated heterocycles. The Morgan fingerprint density at radius 2 is 2.35 bits per heavy atom. The van der Waals surface area contributed by atoms with Gasteiger partial charge in [-0.05, 0) is 30.7 Å². The lowest BCUT2D eigenvalue weighted by atomic mass is 10.2. The molecule has 0 fully saturated rings. The molecule has 1 heterocycles. The van der Waals surface area contributed by atoms with Crippen molar-refractivity contribution in [3.63, 3.8) is 0 Å². The molecule has 0 spiro atoms. The van der Waals surface area contributed by atoms with Gasteiger partial charge in [0.05, 0.1) is 12.7 Å². The number of halogens is 1. The third-order valence-corrected chi connectivity index (χ3v) is 3.51. The van der Waals surface area contributed by atoms with Crippen molar-refractivity contribution in [1.29, 1.82) is 0 Å². The highest BCUT2D eigenvalue weighted by atomic mass is 79.9. The van der Waals surface area contributed by atoms with Gasteiger partial charge in [-0.1, -0.05) is 21.1 Å². The van der Waals surface area contributed by atoms with E-state index < -0.39 is 5.91 Å². The van der Waals surface area contributed by atoms with Crippen molar-refractivity contribution in [2.75, 3.05) is 6.61 Å². The minimum atomic E-state index is -0.472. The Kier molecular flexibility index (Phi) is 4.70. The molecule has 1 amide bonds. The number of carbonyl (C=O) groups is 1. The Morgan fingerprint density at radius 3 is 3.05 bits per heavy atom. The van der Waals surface area contributed by atoms with Crippen LogP contribution in [0.1, 0.15) is 16.1 Å². The summed E-state index contributed by atoms with van der Waals surface area (Å²) in [6.07, 6.45) is 1.51. The van der Waals surface area contributed by atoms with E-state index in [1.54, 1.807) is 0 Å². The average Bonchev–Trinajstić information content (AvgIpc) is 2.91. The Morgan fingerprint density at radius 1 is 1.55 bits per heavy atom. The number of aryl methyl sites for hydroxylation is 1. The standard InChI is InChI=1S/C12H14BrN5O2/c1-8-6-9(2-3-10(8)13)20-5-4-18-7-11(16-17-18)12(19)15-14/h2-3,6-7H,4-5,14H2,1H3,(H,15,19). The number of hydrazine groups is 1. The van der Waals surface area contributed by atoms with Gasteiger partial charge in [-0.15, -0.1) is 5.10 Å². The molecule has 1 aromatic heterocycles. The number of hydrogen-bond donors (Lipinski definition) is 2. The summed E-state index contributed by atoms with van der Waals surface area (Å²) >= 11 is 3.43. The normalized spacial score (nSPS) is 10.3. The number of nitrogens with zero attached hydrogens (tertiary/aromatic N) is 3. The molecule has 0 radical (unpaired) electrons. The monoisotopic (exact) mass is 339 g/mol. The Balaban J connectivity index is 1.88. The number of nitrogen functional groups attached to an aromatic ring is 1. The highest BCUT2D eigenvalue weighted by Gasteiger charge is 2.08. The Bertz CT molecular complexity index is 614. The van der Waals surface area contributed by atoms with E-state index in [4.69, 9.17) is 10.6 Å². The van der Waals surface area contributed by atoms with Crippen LogP contribution in [0, 0.1) is 6.92 Å². The van der Waals surface area contributed by atoms with Gasteiger partial charge < -0.3 is 4.74 Å². The van der Waals surface area contributed by atoms with Gasteiger partial charge in [-0.2, -0.15) is 0 Å². The fraction of sp³-hybridized carbons (Fsp3) is 0.250. The van der Waals surface area contributed by atoms with E-state index in [0.29, 0.717) is 13.2 Å². The largest absolute Gasteiger partial charge is 0.492 e. The summed E-state index contributed by atoms with van der Waals surface area (Å²) < 4.78 is 8.17. The zero-order chi connectivity index (χ0) is 14.5. The van der Waals surface area contributed by atoms with Gasteiger partial charge >= 0.3 is 0 Å². The fourth-order valence-corrected chi connectivity index (χ4v) is 1.80. The smallest absolute Gasteiger partial charge is 0.287 e. The minimum Gasteiger partial charge on any atom is -0.492 e. The van der Waals surface area contributed by atoms with E-state index in [9.17, 15) is 4.79 Å². The number of ether oxygens (including phenoxy) is 1. The van der Waals surface area contributed by atoms with Crippen molar-refractivity contribution in [1.82, 2.24) is 20.4 Å². The van der Waals surface area contributed by atoms with Crippen molar-refractivity contribution in [3.8, 4) is 5.75 Å². The molecule has 3 N–H and O–H groups in total. The van der Waals surface area contributed by atoms with E-state index in [1.165, 1.54) is 10.9 Å². The second-order valence-electron chi connectivity index (χ2n) is 4.10. The number of nitrogens with two attached hydrogens (primary N) is 1. The molecule has 0 bridgehead atoms. The number of amides is 1. The van der Waals surface area contributed by atoms with E-state index >= 15 is 0 Å². The molecule has 0 saturated carbocycles. The number of hydrogen-bond acceptors (Lipinski definition) is 5. The number of rotatable bonds is 5. The van der Waals surface area contributed by atoms with Crippen LogP contribution >= 0.6 is 15.9 Å². The van der Waals surface area contributed by atoms with Crippen LogP contribution in [0.15, 0.2) is 28.9 Å². The zero-order valence-corrected chi connectivity index (χ0v) is 12.4. The van der Waals surface area contributed by atoms with Crippen LogP contribution in [-0.4, -0.2) is 27.5 Å². The molecule has 0 aliphatic carbocycles. The lowest BCUT2D eigenvalue weighted by Crippen LogP contribution is -2.30. The van der Waals surface area contributed by atoms with Gasteiger partial charge in [0.2, 0.25) is 0 Å². The van der Waals surface area contributed by atoms with Crippen LogP contribution in [0.5, 0.6) is 5.75 Å². The summed E-state index contributed by atoms with van der Waals surface area (Å²) in [5.74, 6) is 5.32. The number of carbonyl (C=O) groups excluding carboxylic acids is 1. The zero-order valence-electron chi connectivity index (χ0n) is 10.8.